The van der Waals surface area contributed by atoms with E-state index in [9.17, 15) is 4.79 Å². The average molecular weight is 401 g/mol. The zero-order valence-corrected chi connectivity index (χ0v) is 17.0. The highest BCUT2D eigenvalue weighted by Gasteiger charge is 2.15. The van der Waals surface area contributed by atoms with Crippen LogP contribution in [0.25, 0.3) is 50.0 Å². The minimum Gasteiger partial charge on any atom is -0.314 e. The molecule has 0 radical (unpaired) electrons. The van der Waals surface area contributed by atoms with Gasteiger partial charge >= 0.3 is 0 Å². The van der Waals surface area contributed by atoms with Gasteiger partial charge in [0.15, 0.2) is 0 Å². The molecule has 31 heavy (non-hydrogen) atoms. The van der Waals surface area contributed by atoms with Crippen molar-refractivity contribution in [3.63, 3.8) is 0 Å². The summed E-state index contributed by atoms with van der Waals surface area (Å²) in [6.07, 6.45) is 0. The minimum atomic E-state index is -0.0476. The van der Waals surface area contributed by atoms with Gasteiger partial charge < -0.3 is 4.57 Å². The number of aryl methyl sites for hydroxylation is 1. The number of rotatable bonds is 2. The van der Waals surface area contributed by atoms with Crippen molar-refractivity contribution < 1.29 is 0 Å². The molecule has 0 bridgehead atoms. The lowest BCUT2D eigenvalue weighted by molar-refractivity contribution is 0.921. The Morgan fingerprint density at radius 3 is 1.94 bits per heavy atom. The van der Waals surface area contributed by atoms with Crippen molar-refractivity contribution in [1.82, 2.24) is 14.0 Å². The van der Waals surface area contributed by atoms with E-state index in [0.29, 0.717) is 11.2 Å². The quantitative estimate of drug-likeness (QED) is 0.375. The van der Waals surface area contributed by atoms with Gasteiger partial charge in [-0.25, -0.2) is 9.38 Å². The van der Waals surface area contributed by atoms with E-state index in [1.807, 2.05) is 66.2 Å². The Morgan fingerprint density at radius 1 is 0.645 bits per heavy atom. The first-order valence-electron chi connectivity index (χ1n) is 10.3. The van der Waals surface area contributed by atoms with Gasteiger partial charge in [0.25, 0.3) is 5.56 Å². The van der Waals surface area contributed by atoms with Crippen molar-refractivity contribution in [1.29, 1.82) is 0 Å². The van der Waals surface area contributed by atoms with Gasteiger partial charge in [0.05, 0.1) is 21.9 Å². The number of imidazole rings is 1. The Kier molecular flexibility index (Phi) is 3.80. The number of fused-ring (bicyclic) bond motifs is 4. The van der Waals surface area contributed by atoms with E-state index in [2.05, 4.69) is 42.5 Å². The molecule has 4 heteroatoms. The number of benzene rings is 4. The summed E-state index contributed by atoms with van der Waals surface area (Å²) < 4.78 is 3.73. The molecular weight excluding hydrogens is 382 g/mol. The smallest absolute Gasteiger partial charge is 0.267 e. The summed E-state index contributed by atoms with van der Waals surface area (Å²) in [5.74, 6) is 0.644. The molecule has 0 spiro atoms. The van der Waals surface area contributed by atoms with Crippen LogP contribution in [0.3, 0.4) is 0 Å². The molecule has 0 aliphatic heterocycles. The highest BCUT2D eigenvalue weighted by Crippen LogP contribution is 2.27. The molecule has 4 aromatic carbocycles. The molecule has 2 aromatic heterocycles. The summed E-state index contributed by atoms with van der Waals surface area (Å²) in [5.41, 5.74) is 6.75. The van der Waals surface area contributed by atoms with Crippen LogP contribution < -0.4 is 5.56 Å². The highest BCUT2D eigenvalue weighted by molar-refractivity contribution is 5.90. The number of nitrogens with zero attached hydrogens (tertiary/aromatic N) is 3. The third kappa shape index (κ3) is 2.69. The van der Waals surface area contributed by atoms with Gasteiger partial charge in [-0.3, -0.25) is 4.79 Å². The predicted molar refractivity (Wildman–Crippen MR) is 126 cm³/mol. The topological polar surface area (TPSA) is 39.3 Å². The fraction of sp³-hybridized carbons (Fsp3) is 0.0370. The Bertz CT molecular complexity index is 1650. The standard InChI is InChI=1S/C27H19N3O/c1-29-24-15-13-20(18-8-4-2-5-9-18)16-22(24)26(31)30-25-17-21(19-10-6-3-7-11-19)12-14-23(25)28-27(29)30/h2-17H,1H3. The van der Waals surface area contributed by atoms with Crippen LogP contribution in [0.2, 0.25) is 0 Å². The van der Waals surface area contributed by atoms with Gasteiger partial charge in [-0.1, -0.05) is 72.8 Å². The van der Waals surface area contributed by atoms with Crippen LogP contribution in [0.4, 0.5) is 0 Å². The Hall–Kier alpha value is -4.18. The van der Waals surface area contributed by atoms with Gasteiger partial charge in [-0.2, -0.15) is 0 Å². The molecule has 2 heterocycles. The van der Waals surface area contributed by atoms with E-state index < -0.39 is 0 Å². The van der Waals surface area contributed by atoms with Crippen molar-refractivity contribution in [2.24, 2.45) is 7.05 Å². The van der Waals surface area contributed by atoms with Crippen LogP contribution >= 0.6 is 0 Å². The molecule has 0 saturated carbocycles. The summed E-state index contributed by atoms with van der Waals surface area (Å²) in [6, 6.07) is 32.5. The maximum Gasteiger partial charge on any atom is 0.267 e. The third-order valence-electron chi connectivity index (χ3n) is 5.94. The summed E-state index contributed by atoms with van der Waals surface area (Å²) in [4.78, 5) is 18.4. The van der Waals surface area contributed by atoms with Crippen LogP contribution in [0.1, 0.15) is 0 Å². The fourth-order valence-electron chi connectivity index (χ4n) is 4.34. The molecule has 0 saturated heterocycles. The van der Waals surface area contributed by atoms with Crippen LogP contribution in [-0.4, -0.2) is 14.0 Å². The Morgan fingerprint density at radius 2 is 1.26 bits per heavy atom. The zero-order valence-electron chi connectivity index (χ0n) is 17.0. The molecule has 0 atom stereocenters. The predicted octanol–water partition coefficient (Wildman–Crippen LogP) is 5.67. The summed E-state index contributed by atoms with van der Waals surface area (Å²) in [7, 11) is 1.96. The van der Waals surface area contributed by atoms with Gasteiger partial charge in [0.1, 0.15) is 0 Å². The van der Waals surface area contributed by atoms with Gasteiger partial charge in [-0.15, -0.1) is 0 Å². The largest absolute Gasteiger partial charge is 0.314 e. The Balaban J connectivity index is 1.68. The number of hydrogen-bond acceptors (Lipinski definition) is 2. The first-order chi connectivity index (χ1) is 15.2. The van der Waals surface area contributed by atoms with Crippen LogP contribution in [-0.2, 0) is 7.05 Å². The van der Waals surface area contributed by atoms with Gasteiger partial charge in [0, 0.05) is 7.05 Å². The molecule has 0 amide bonds. The fourth-order valence-corrected chi connectivity index (χ4v) is 4.34. The van der Waals surface area contributed by atoms with Crippen molar-refractivity contribution in [3.8, 4) is 22.3 Å². The zero-order chi connectivity index (χ0) is 20.9. The van der Waals surface area contributed by atoms with E-state index in [1.54, 1.807) is 4.40 Å². The Labute approximate surface area is 178 Å². The SMILES string of the molecule is Cn1c2ccc(-c3ccccc3)cc2c(=O)n2c3cc(-c4ccccc4)ccc3nc12. The number of hydrogen-bond donors (Lipinski definition) is 0. The second kappa shape index (κ2) is 6.67. The molecule has 148 valence electrons. The van der Waals surface area contributed by atoms with E-state index in [4.69, 9.17) is 4.98 Å². The maximum atomic E-state index is 13.7. The lowest BCUT2D eigenvalue weighted by atomic mass is 10.0. The van der Waals surface area contributed by atoms with Gasteiger partial charge in [-0.05, 0) is 46.5 Å². The first kappa shape index (κ1) is 17.7. The van der Waals surface area contributed by atoms with E-state index in [1.165, 1.54) is 0 Å². The summed E-state index contributed by atoms with van der Waals surface area (Å²) in [5, 5.41) is 0.681. The second-order valence-electron chi connectivity index (χ2n) is 7.78. The summed E-state index contributed by atoms with van der Waals surface area (Å²) in [6.45, 7) is 0. The van der Waals surface area contributed by atoms with E-state index in [0.717, 1.165) is 38.8 Å². The first-order valence-corrected chi connectivity index (χ1v) is 10.3. The van der Waals surface area contributed by atoms with Gasteiger partial charge in [0.2, 0.25) is 5.78 Å². The molecule has 6 rings (SSSR count). The minimum absolute atomic E-state index is 0.0476. The van der Waals surface area contributed by atoms with E-state index in [-0.39, 0.29) is 5.56 Å². The summed E-state index contributed by atoms with van der Waals surface area (Å²) >= 11 is 0. The van der Waals surface area contributed by atoms with Crippen LogP contribution in [0, 0.1) is 0 Å². The van der Waals surface area contributed by atoms with Crippen molar-refractivity contribution in [2.75, 3.05) is 0 Å². The van der Waals surface area contributed by atoms with Crippen molar-refractivity contribution in [2.45, 2.75) is 0 Å². The molecule has 0 aliphatic rings. The van der Waals surface area contributed by atoms with E-state index >= 15 is 0 Å². The maximum absolute atomic E-state index is 13.7. The average Bonchev–Trinajstić information content (AvgIpc) is 3.22. The molecule has 0 unspecified atom stereocenters. The third-order valence-corrected chi connectivity index (χ3v) is 5.94. The number of aromatic nitrogens is 3. The normalized spacial score (nSPS) is 11.5. The van der Waals surface area contributed by atoms with Crippen molar-refractivity contribution in [3.05, 3.63) is 107 Å². The molecule has 0 N–H and O–H groups in total. The molecule has 6 aromatic rings. The second-order valence-corrected chi connectivity index (χ2v) is 7.78. The molecule has 4 nitrogen and oxygen atoms in total. The highest BCUT2D eigenvalue weighted by atomic mass is 16.1. The molecular formula is C27H19N3O. The molecule has 0 fully saturated rings. The monoisotopic (exact) mass is 401 g/mol. The molecule has 0 aliphatic carbocycles. The van der Waals surface area contributed by atoms with Crippen LogP contribution in [0.5, 0.6) is 0 Å². The lowest BCUT2D eigenvalue weighted by Gasteiger charge is -2.10. The van der Waals surface area contributed by atoms with Crippen molar-refractivity contribution >= 4 is 27.7 Å². The van der Waals surface area contributed by atoms with Crippen LogP contribution in [0.15, 0.2) is 102 Å². The lowest BCUT2D eigenvalue weighted by Crippen LogP contribution is -2.17.